The highest BCUT2D eigenvalue weighted by molar-refractivity contribution is 6.30. The maximum Gasteiger partial charge on any atom is 0.306 e. The molecule has 3 rings (SSSR count). The fourth-order valence-electron chi connectivity index (χ4n) is 3.33. The molecule has 0 aliphatic rings. The van der Waals surface area contributed by atoms with Gasteiger partial charge in [-0.2, -0.15) is 0 Å². The number of hydrogen-bond donors (Lipinski definition) is 2. The average Bonchev–Trinajstić information content (AvgIpc) is 2.84. The van der Waals surface area contributed by atoms with Gasteiger partial charge in [-0.25, -0.2) is 0 Å². The van der Waals surface area contributed by atoms with Crippen LogP contribution in [0.5, 0.6) is 11.5 Å². The molecule has 0 bridgehead atoms. The van der Waals surface area contributed by atoms with Crippen LogP contribution in [0.2, 0.25) is 5.02 Å². The number of carbonyl (C=O) groups excluding carboxylic acids is 3. The number of nitrogens with one attached hydrogen (secondary N) is 2. The highest BCUT2D eigenvalue weighted by Gasteiger charge is 2.12. The molecule has 0 saturated heterocycles. The van der Waals surface area contributed by atoms with Crippen molar-refractivity contribution >= 4 is 40.8 Å². The molecule has 8 heteroatoms. The highest BCUT2D eigenvalue weighted by Crippen LogP contribution is 2.32. The van der Waals surface area contributed by atoms with E-state index in [2.05, 4.69) is 36.6 Å². The lowest BCUT2D eigenvalue weighted by molar-refractivity contribution is -0.147. The first kappa shape index (κ1) is 26.8. The molecule has 7 nitrogen and oxygen atoms in total. The van der Waals surface area contributed by atoms with E-state index in [1.54, 1.807) is 48.5 Å². The predicted octanol–water partition coefficient (Wildman–Crippen LogP) is 6.46. The van der Waals surface area contributed by atoms with Crippen LogP contribution in [0.15, 0.2) is 66.7 Å². The van der Waals surface area contributed by atoms with Gasteiger partial charge >= 0.3 is 5.97 Å². The maximum absolute atomic E-state index is 12.2. The summed E-state index contributed by atoms with van der Waals surface area (Å²) in [4.78, 5) is 36.0. The van der Waals surface area contributed by atoms with Crippen LogP contribution in [0.25, 0.3) is 0 Å². The van der Waals surface area contributed by atoms with Gasteiger partial charge in [0.15, 0.2) is 6.61 Å². The van der Waals surface area contributed by atoms with E-state index in [-0.39, 0.29) is 18.7 Å². The molecule has 0 heterocycles. The molecule has 0 atom stereocenters. The minimum Gasteiger partial charge on any atom is -0.457 e. The Bertz CT molecular complexity index is 1210. The van der Waals surface area contributed by atoms with E-state index in [1.165, 1.54) is 0 Å². The van der Waals surface area contributed by atoms with Gasteiger partial charge in [-0.1, -0.05) is 37.6 Å². The van der Waals surface area contributed by atoms with E-state index in [0.29, 0.717) is 28.1 Å². The lowest BCUT2D eigenvalue weighted by Crippen LogP contribution is -2.21. The number of anilines is 2. The molecule has 3 aromatic carbocycles. The lowest BCUT2D eigenvalue weighted by atomic mass is 10.0. The largest absolute Gasteiger partial charge is 0.457 e. The first-order chi connectivity index (χ1) is 17.2. The Kier molecular flexibility index (Phi) is 9.47. The summed E-state index contributed by atoms with van der Waals surface area (Å²) in [5, 5.41) is 5.87. The van der Waals surface area contributed by atoms with Crippen molar-refractivity contribution < 1.29 is 23.9 Å². The van der Waals surface area contributed by atoms with Crippen LogP contribution in [0.1, 0.15) is 43.7 Å². The summed E-state index contributed by atoms with van der Waals surface area (Å²) in [6.45, 7) is 5.80. The van der Waals surface area contributed by atoms with Crippen LogP contribution in [-0.2, 0) is 19.1 Å². The van der Waals surface area contributed by atoms with E-state index >= 15 is 0 Å². The Morgan fingerprint density at radius 2 is 1.44 bits per heavy atom. The van der Waals surface area contributed by atoms with Crippen LogP contribution >= 0.6 is 11.6 Å². The first-order valence-corrected chi connectivity index (χ1v) is 12.0. The summed E-state index contributed by atoms with van der Waals surface area (Å²) in [5.41, 5.74) is 3.35. The number of carbonyl (C=O) groups is 3. The second-order valence-corrected chi connectivity index (χ2v) is 9.02. The minimum atomic E-state index is -0.640. The Balaban J connectivity index is 1.41. The molecule has 0 aliphatic carbocycles. The molecule has 0 fully saturated rings. The van der Waals surface area contributed by atoms with Gasteiger partial charge < -0.3 is 20.1 Å². The number of esters is 1. The van der Waals surface area contributed by atoms with Crippen molar-refractivity contribution in [1.29, 1.82) is 0 Å². The van der Waals surface area contributed by atoms with Gasteiger partial charge in [-0.15, -0.1) is 0 Å². The van der Waals surface area contributed by atoms with Gasteiger partial charge in [0.05, 0.1) is 6.42 Å². The van der Waals surface area contributed by atoms with Crippen LogP contribution in [-0.4, -0.2) is 24.4 Å². The molecule has 0 aliphatic heterocycles. The summed E-state index contributed by atoms with van der Waals surface area (Å²) < 4.78 is 11.0. The molecule has 0 spiro atoms. The van der Waals surface area contributed by atoms with Gasteiger partial charge in [0.2, 0.25) is 5.91 Å². The van der Waals surface area contributed by atoms with Crippen molar-refractivity contribution in [2.75, 3.05) is 17.2 Å². The number of benzene rings is 3. The second-order valence-electron chi connectivity index (χ2n) is 8.59. The van der Waals surface area contributed by atoms with Crippen LogP contribution in [0.3, 0.4) is 0 Å². The SMILES string of the molecule is Cc1ccc(C(C)C)c(Oc2ccc(NC(=O)CCC(=O)OCC(=O)Nc3ccc(Cl)cc3)cc2)c1. The standard InChI is InChI=1S/C28H29ClN2O5/c1-18(2)24-13-4-19(3)16-25(24)36-23-11-9-22(10-12-23)30-26(32)14-15-28(34)35-17-27(33)31-21-7-5-20(29)6-8-21/h4-13,16,18H,14-15,17H2,1-3H3,(H,30,32)(H,31,33). The zero-order valence-corrected chi connectivity index (χ0v) is 21.2. The average molecular weight is 509 g/mol. The molecule has 2 N–H and O–H groups in total. The fourth-order valence-corrected chi connectivity index (χ4v) is 3.45. The molecule has 0 aromatic heterocycles. The van der Waals surface area contributed by atoms with Crippen LogP contribution in [0.4, 0.5) is 11.4 Å². The summed E-state index contributed by atoms with van der Waals surface area (Å²) in [6.07, 6.45) is -0.219. The van der Waals surface area contributed by atoms with Crippen molar-refractivity contribution in [3.8, 4) is 11.5 Å². The quantitative estimate of drug-likeness (QED) is 0.306. The fraction of sp³-hybridized carbons (Fsp3) is 0.250. The summed E-state index contributed by atoms with van der Waals surface area (Å²) in [6, 6.07) is 19.7. The summed E-state index contributed by atoms with van der Waals surface area (Å²) >= 11 is 5.80. The van der Waals surface area contributed by atoms with Crippen LogP contribution < -0.4 is 15.4 Å². The van der Waals surface area contributed by atoms with Gasteiger partial charge in [0, 0.05) is 22.8 Å². The van der Waals surface area contributed by atoms with Gasteiger partial charge in [0.1, 0.15) is 11.5 Å². The molecule has 188 valence electrons. The molecule has 2 amide bonds. The van der Waals surface area contributed by atoms with Crippen LogP contribution in [0, 0.1) is 6.92 Å². The number of amides is 2. The lowest BCUT2D eigenvalue weighted by Gasteiger charge is -2.15. The smallest absolute Gasteiger partial charge is 0.306 e. The Morgan fingerprint density at radius 1 is 0.833 bits per heavy atom. The van der Waals surface area contributed by atoms with E-state index < -0.39 is 18.5 Å². The predicted molar refractivity (Wildman–Crippen MR) is 141 cm³/mol. The molecule has 0 unspecified atom stereocenters. The third-order valence-electron chi connectivity index (χ3n) is 5.21. The Hall–Kier alpha value is -3.84. The molecular formula is C28H29ClN2O5. The highest BCUT2D eigenvalue weighted by atomic mass is 35.5. The zero-order valence-electron chi connectivity index (χ0n) is 20.5. The van der Waals surface area contributed by atoms with Crippen molar-refractivity contribution in [2.24, 2.45) is 0 Å². The number of aryl methyl sites for hydroxylation is 1. The van der Waals surface area contributed by atoms with Crippen molar-refractivity contribution in [2.45, 2.75) is 39.5 Å². The van der Waals surface area contributed by atoms with Crippen molar-refractivity contribution in [1.82, 2.24) is 0 Å². The molecule has 3 aromatic rings. The number of hydrogen-bond acceptors (Lipinski definition) is 5. The number of ether oxygens (including phenoxy) is 2. The van der Waals surface area contributed by atoms with E-state index in [4.69, 9.17) is 21.1 Å². The van der Waals surface area contributed by atoms with Gasteiger partial charge in [-0.3, -0.25) is 14.4 Å². The molecule has 0 radical (unpaired) electrons. The van der Waals surface area contributed by atoms with E-state index in [0.717, 1.165) is 16.9 Å². The normalized spacial score (nSPS) is 10.6. The minimum absolute atomic E-state index is 0.0725. The third kappa shape index (κ3) is 8.43. The molecular weight excluding hydrogens is 480 g/mol. The van der Waals surface area contributed by atoms with Gasteiger partial charge in [-0.05, 0) is 78.6 Å². The van der Waals surface area contributed by atoms with Gasteiger partial charge in [0.25, 0.3) is 5.91 Å². The third-order valence-corrected chi connectivity index (χ3v) is 5.46. The monoisotopic (exact) mass is 508 g/mol. The Labute approximate surface area is 215 Å². The molecule has 0 saturated carbocycles. The summed E-state index contributed by atoms with van der Waals surface area (Å²) in [5.74, 6) is 0.321. The van der Waals surface area contributed by atoms with Crippen molar-refractivity contribution in [3.63, 3.8) is 0 Å². The summed E-state index contributed by atoms with van der Waals surface area (Å²) in [7, 11) is 0. The topological polar surface area (TPSA) is 93.7 Å². The first-order valence-electron chi connectivity index (χ1n) is 11.6. The van der Waals surface area contributed by atoms with Crippen molar-refractivity contribution in [3.05, 3.63) is 82.9 Å². The zero-order chi connectivity index (χ0) is 26.1. The second kappa shape index (κ2) is 12.7. The number of rotatable bonds is 10. The van der Waals surface area contributed by atoms with E-state index in [9.17, 15) is 14.4 Å². The molecule has 36 heavy (non-hydrogen) atoms. The Morgan fingerprint density at radius 3 is 2.08 bits per heavy atom. The number of halogens is 1. The maximum atomic E-state index is 12.2. The van der Waals surface area contributed by atoms with E-state index in [1.807, 2.05) is 13.0 Å².